The lowest BCUT2D eigenvalue weighted by molar-refractivity contribution is 0.0480. The van der Waals surface area contributed by atoms with Crippen LogP contribution in [0.5, 0.6) is 0 Å². The van der Waals surface area contributed by atoms with Crippen LogP contribution in [0.1, 0.15) is 27.7 Å². The van der Waals surface area contributed by atoms with Crippen LogP contribution in [-0.4, -0.2) is 28.2 Å². The van der Waals surface area contributed by atoms with Crippen molar-refractivity contribution in [2.75, 3.05) is 18.5 Å². The van der Waals surface area contributed by atoms with Gasteiger partial charge in [-0.2, -0.15) is 0 Å². The summed E-state index contributed by atoms with van der Waals surface area (Å²) in [6.07, 6.45) is -0.146. The quantitative estimate of drug-likeness (QED) is 0.556. The van der Waals surface area contributed by atoms with E-state index in [1.165, 1.54) is 0 Å². The molecular formula is C14H25NO3Si. The zero-order valence-electron chi connectivity index (χ0n) is 12.3. The summed E-state index contributed by atoms with van der Waals surface area (Å²) in [5.74, 6) is 0. The molecule has 0 radical (unpaired) electrons. The Morgan fingerprint density at radius 1 is 1.05 bits per heavy atom. The largest absolute Gasteiger partial charge is 0.502 e. The Labute approximate surface area is 117 Å². The summed E-state index contributed by atoms with van der Waals surface area (Å²) in [5.41, 5.74) is 1.03. The second kappa shape index (κ2) is 8.32. The van der Waals surface area contributed by atoms with Gasteiger partial charge in [0.1, 0.15) is 6.23 Å². The molecule has 0 aliphatic heterocycles. The lowest BCUT2D eigenvalue weighted by atomic mass is 10.3. The molecule has 1 N–H and O–H groups in total. The number of rotatable bonds is 9. The van der Waals surface area contributed by atoms with Gasteiger partial charge in [0.25, 0.3) is 0 Å². The summed E-state index contributed by atoms with van der Waals surface area (Å²) in [7, 11) is -2.55. The molecule has 0 amide bonds. The molecule has 1 atom stereocenters. The van der Waals surface area contributed by atoms with Crippen molar-refractivity contribution in [2.24, 2.45) is 0 Å². The number of anilines is 1. The van der Waals surface area contributed by atoms with E-state index in [2.05, 4.69) is 5.32 Å². The molecule has 0 spiro atoms. The Morgan fingerprint density at radius 3 is 2.11 bits per heavy atom. The Hall–Kier alpha value is -0.883. The molecule has 5 heteroatoms. The Balaban J connectivity index is 2.62. The molecule has 0 fully saturated rings. The van der Waals surface area contributed by atoms with Gasteiger partial charge in [-0.05, 0) is 32.9 Å². The van der Waals surface area contributed by atoms with Crippen molar-refractivity contribution in [1.29, 1.82) is 0 Å². The van der Waals surface area contributed by atoms with Gasteiger partial charge in [0.15, 0.2) is 0 Å². The van der Waals surface area contributed by atoms with Crippen LogP contribution in [0.4, 0.5) is 5.69 Å². The van der Waals surface area contributed by atoms with Crippen molar-refractivity contribution in [2.45, 2.75) is 40.0 Å². The van der Waals surface area contributed by atoms with E-state index in [9.17, 15) is 0 Å². The molecule has 1 unspecified atom stereocenters. The van der Waals surface area contributed by atoms with Gasteiger partial charge in [-0.15, -0.1) is 0 Å². The monoisotopic (exact) mass is 283 g/mol. The summed E-state index contributed by atoms with van der Waals surface area (Å²) in [5, 5.41) is 3.30. The molecule has 4 nitrogen and oxygen atoms in total. The van der Waals surface area contributed by atoms with Crippen LogP contribution in [-0.2, 0) is 13.3 Å². The number of hydrogen-bond acceptors (Lipinski definition) is 4. The zero-order chi connectivity index (χ0) is 14.1. The van der Waals surface area contributed by atoms with Gasteiger partial charge < -0.3 is 18.6 Å². The summed E-state index contributed by atoms with van der Waals surface area (Å²) in [6, 6.07) is 10.8. The second-order valence-corrected chi connectivity index (χ2v) is 7.06. The van der Waals surface area contributed by atoms with Gasteiger partial charge in [-0.1, -0.05) is 25.1 Å². The summed E-state index contributed by atoms with van der Waals surface area (Å²) in [6.45, 7) is 9.18. The highest BCUT2D eigenvalue weighted by atomic mass is 28.4. The van der Waals surface area contributed by atoms with E-state index in [0.29, 0.717) is 13.2 Å². The fourth-order valence-electron chi connectivity index (χ4n) is 1.90. The molecule has 0 heterocycles. The van der Waals surface area contributed by atoms with E-state index < -0.39 is 8.80 Å². The number of hydrogen-bond donors (Lipinski definition) is 1. The van der Waals surface area contributed by atoms with E-state index in [4.69, 9.17) is 13.3 Å². The van der Waals surface area contributed by atoms with Gasteiger partial charge >= 0.3 is 8.80 Å². The van der Waals surface area contributed by atoms with Crippen molar-refractivity contribution < 1.29 is 13.3 Å². The minimum Gasteiger partial charge on any atom is -0.374 e. The van der Waals surface area contributed by atoms with Crippen molar-refractivity contribution >= 4 is 14.5 Å². The van der Waals surface area contributed by atoms with E-state index in [1.54, 1.807) is 0 Å². The van der Waals surface area contributed by atoms with Crippen molar-refractivity contribution in [3.63, 3.8) is 0 Å². The second-order valence-electron chi connectivity index (χ2n) is 4.17. The Kier molecular flexibility index (Phi) is 7.08. The molecule has 108 valence electrons. The topological polar surface area (TPSA) is 39.7 Å². The molecule has 0 bridgehead atoms. The van der Waals surface area contributed by atoms with Crippen LogP contribution in [0.15, 0.2) is 30.3 Å². The average molecular weight is 283 g/mol. The molecule has 0 aliphatic rings. The third-order valence-electron chi connectivity index (χ3n) is 2.66. The van der Waals surface area contributed by atoms with Gasteiger partial charge in [-0.25, -0.2) is 0 Å². The van der Waals surface area contributed by atoms with Crippen LogP contribution in [0.25, 0.3) is 0 Å². The summed E-state index contributed by atoms with van der Waals surface area (Å²) in [4.78, 5) is 0. The highest BCUT2D eigenvalue weighted by molar-refractivity contribution is 6.60. The van der Waals surface area contributed by atoms with Crippen molar-refractivity contribution in [3.8, 4) is 0 Å². The lowest BCUT2D eigenvalue weighted by Gasteiger charge is -2.31. The predicted octanol–water partition coefficient (Wildman–Crippen LogP) is 3.49. The smallest absolute Gasteiger partial charge is 0.374 e. The fraction of sp³-hybridized carbons (Fsp3) is 0.571. The molecule has 1 rings (SSSR count). The Morgan fingerprint density at radius 2 is 1.63 bits per heavy atom. The van der Waals surface area contributed by atoms with Crippen LogP contribution >= 0.6 is 0 Å². The first-order valence-electron chi connectivity index (χ1n) is 6.93. The van der Waals surface area contributed by atoms with Crippen LogP contribution < -0.4 is 5.32 Å². The first-order chi connectivity index (χ1) is 9.15. The summed E-state index contributed by atoms with van der Waals surface area (Å²) >= 11 is 0. The maximum absolute atomic E-state index is 6.06. The zero-order valence-corrected chi connectivity index (χ0v) is 13.3. The lowest BCUT2D eigenvalue weighted by Crippen LogP contribution is -2.48. The van der Waals surface area contributed by atoms with Crippen LogP contribution in [0.3, 0.4) is 0 Å². The number of para-hydroxylation sites is 1. The minimum atomic E-state index is -2.55. The fourth-order valence-corrected chi connectivity index (χ4v) is 4.18. The normalized spacial score (nSPS) is 13.3. The van der Waals surface area contributed by atoms with Gasteiger partial charge in [0.05, 0.1) is 0 Å². The van der Waals surface area contributed by atoms with E-state index in [-0.39, 0.29) is 6.23 Å². The molecular weight excluding hydrogens is 258 g/mol. The van der Waals surface area contributed by atoms with Gasteiger partial charge in [0.2, 0.25) is 0 Å². The third kappa shape index (κ3) is 5.32. The van der Waals surface area contributed by atoms with Crippen molar-refractivity contribution in [1.82, 2.24) is 0 Å². The van der Waals surface area contributed by atoms with E-state index in [0.717, 1.165) is 11.7 Å². The van der Waals surface area contributed by atoms with E-state index in [1.807, 2.05) is 58.0 Å². The molecule has 19 heavy (non-hydrogen) atoms. The number of nitrogens with one attached hydrogen (secondary N) is 1. The van der Waals surface area contributed by atoms with Crippen LogP contribution in [0.2, 0.25) is 6.04 Å². The number of benzene rings is 1. The standard InChI is InChI=1S/C14H25NO3Si/c1-5-16-19(7-3,17-6-2)18-13(4)15-14-11-9-8-10-12-14/h8-13,15H,5-7H2,1-4H3. The van der Waals surface area contributed by atoms with Crippen molar-refractivity contribution in [3.05, 3.63) is 30.3 Å². The first-order valence-corrected chi connectivity index (χ1v) is 8.86. The predicted molar refractivity (Wildman–Crippen MR) is 80.1 cm³/mol. The van der Waals surface area contributed by atoms with Crippen LogP contribution in [0, 0.1) is 0 Å². The molecule has 0 saturated heterocycles. The first kappa shape index (κ1) is 16.2. The SMILES string of the molecule is CCO[Si](CC)(OCC)OC(C)Nc1ccccc1. The Bertz CT molecular complexity index is 342. The highest BCUT2D eigenvalue weighted by Crippen LogP contribution is 2.18. The average Bonchev–Trinajstić information content (AvgIpc) is 2.40. The van der Waals surface area contributed by atoms with Gasteiger partial charge in [0, 0.05) is 24.9 Å². The van der Waals surface area contributed by atoms with Gasteiger partial charge in [-0.3, -0.25) is 0 Å². The highest BCUT2D eigenvalue weighted by Gasteiger charge is 2.40. The third-order valence-corrected chi connectivity index (χ3v) is 5.70. The molecule has 0 aromatic heterocycles. The molecule has 1 aromatic rings. The summed E-state index contributed by atoms with van der Waals surface area (Å²) < 4.78 is 17.6. The molecule has 1 aromatic carbocycles. The maximum atomic E-state index is 6.06. The molecule has 0 saturated carbocycles. The minimum absolute atomic E-state index is 0.146. The van der Waals surface area contributed by atoms with E-state index >= 15 is 0 Å². The molecule has 0 aliphatic carbocycles. The maximum Gasteiger partial charge on any atom is 0.502 e.